The number of hydrogen-bond acceptors (Lipinski definition) is 5. The van der Waals surface area contributed by atoms with Crippen LogP contribution < -0.4 is 15.4 Å². The fourth-order valence-corrected chi connectivity index (χ4v) is 2.40. The molecule has 2 rings (SSSR count). The number of nitrogens with zero attached hydrogens (tertiary/aromatic N) is 1. The minimum Gasteiger partial charge on any atom is -0.495 e. The molecule has 1 aliphatic heterocycles. The molecule has 7 nitrogen and oxygen atoms in total. The summed E-state index contributed by atoms with van der Waals surface area (Å²) in [6.07, 6.45) is -0.00668. The highest BCUT2D eigenvalue weighted by Gasteiger charge is 2.37. The normalized spacial score (nSPS) is 17.5. The molecular formula is C14H15ClN2O5. The summed E-state index contributed by atoms with van der Waals surface area (Å²) in [6, 6.07) is 4.88. The van der Waals surface area contributed by atoms with Gasteiger partial charge in [-0.3, -0.25) is 14.4 Å². The molecule has 1 fully saturated rings. The zero-order valence-corrected chi connectivity index (χ0v) is 12.6. The first kappa shape index (κ1) is 16.1. The number of hydrogen-bond donors (Lipinski definition) is 1. The zero-order valence-electron chi connectivity index (χ0n) is 11.9. The SMILES string of the molecule is COc1ccc(Cl)cc1N1C[C@H](C(=O)OCC(N)=O)CC1=O. The number of primary amides is 1. The van der Waals surface area contributed by atoms with Crippen molar-refractivity contribution in [3.63, 3.8) is 0 Å². The van der Waals surface area contributed by atoms with Crippen molar-refractivity contribution in [2.45, 2.75) is 6.42 Å². The van der Waals surface area contributed by atoms with Crippen LogP contribution in [0.1, 0.15) is 6.42 Å². The number of methoxy groups -OCH3 is 1. The number of benzene rings is 1. The summed E-state index contributed by atoms with van der Waals surface area (Å²) in [5, 5.41) is 0.448. The third-order valence-corrected chi connectivity index (χ3v) is 3.48. The maximum Gasteiger partial charge on any atom is 0.311 e. The van der Waals surface area contributed by atoms with E-state index in [0.29, 0.717) is 16.5 Å². The molecule has 8 heteroatoms. The fraction of sp³-hybridized carbons (Fsp3) is 0.357. The molecule has 2 amide bonds. The second kappa shape index (κ2) is 6.65. The Morgan fingerprint density at radius 2 is 2.18 bits per heavy atom. The quantitative estimate of drug-likeness (QED) is 0.804. The Hall–Kier alpha value is -2.28. The smallest absolute Gasteiger partial charge is 0.311 e. The van der Waals surface area contributed by atoms with Crippen molar-refractivity contribution >= 4 is 35.1 Å². The van der Waals surface area contributed by atoms with Crippen molar-refractivity contribution in [2.75, 3.05) is 25.2 Å². The van der Waals surface area contributed by atoms with Crippen LogP contribution in [0, 0.1) is 5.92 Å². The van der Waals surface area contributed by atoms with Gasteiger partial charge in [-0.2, -0.15) is 0 Å². The molecule has 0 bridgehead atoms. The highest BCUT2D eigenvalue weighted by molar-refractivity contribution is 6.31. The fourth-order valence-electron chi connectivity index (χ4n) is 2.23. The molecule has 1 aromatic rings. The van der Waals surface area contributed by atoms with Gasteiger partial charge in [-0.05, 0) is 18.2 Å². The van der Waals surface area contributed by atoms with Crippen molar-refractivity contribution < 1.29 is 23.9 Å². The molecule has 0 unspecified atom stereocenters. The molecule has 1 aromatic carbocycles. The second-order valence-corrected chi connectivity index (χ2v) is 5.23. The lowest BCUT2D eigenvalue weighted by molar-refractivity contribution is -0.151. The molecule has 0 radical (unpaired) electrons. The summed E-state index contributed by atoms with van der Waals surface area (Å²) < 4.78 is 9.96. The van der Waals surface area contributed by atoms with Gasteiger partial charge in [-0.25, -0.2) is 0 Å². The third kappa shape index (κ3) is 3.48. The van der Waals surface area contributed by atoms with Crippen molar-refractivity contribution in [3.8, 4) is 5.75 Å². The molecule has 118 valence electrons. The van der Waals surface area contributed by atoms with Crippen molar-refractivity contribution in [1.29, 1.82) is 0 Å². The molecule has 0 spiro atoms. The molecule has 22 heavy (non-hydrogen) atoms. The summed E-state index contributed by atoms with van der Waals surface area (Å²) in [5.74, 6) is -1.80. The number of rotatable bonds is 5. The molecule has 1 heterocycles. The number of amides is 2. The van der Waals surface area contributed by atoms with Gasteiger partial charge in [0.2, 0.25) is 5.91 Å². The van der Waals surface area contributed by atoms with Gasteiger partial charge in [0.05, 0.1) is 18.7 Å². The topological polar surface area (TPSA) is 98.9 Å². The van der Waals surface area contributed by atoms with E-state index in [4.69, 9.17) is 26.8 Å². The predicted molar refractivity (Wildman–Crippen MR) is 78.6 cm³/mol. The molecule has 1 aliphatic rings. The summed E-state index contributed by atoms with van der Waals surface area (Å²) in [6.45, 7) is -0.364. The lowest BCUT2D eigenvalue weighted by Crippen LogP contribution is -2.28. The number of anilines is 1. The average Bonchev–Trinajstić information content (AvgIpc) is 2.86. The van der Waals surface area contributed by atoms with Crippen LogP contribution >= 0.6 is 11.6 Å². The van der Waals surface area contributed by atoms with Gasteiger partial charge in [0.15, 0.2) is 6.61 Å². The van der Waals surface area contributed by atoms with E-state index >= 15 is 0 Å². The minimum absolute atomic E-state index is 0.00668. The van der Waals surface area contributed by atoms with Gasteiger partial charge in [0.25, 0.3) is 5.91 Å². The number of esters is 1. The molecule has 0 saturated carbocycles. The molecule has 0 aliphatic carbocycles. The minimum atomic E-state index is -0.744. The van der Waals surface area contributed by atoms with Gasteiger partial charge in [-0.1, -0.05) is 11.6 Å². The van der Waals surface area contributed by atoms with E-state index < -0.39 is 24.4 Å². The monoisotopic (exact) mass is 326 g/mol. The van der Waals surface area contributed by atoms with Crippen LogP contribution in [0.3, 0.4) is 0 Å². The van der Waals surface area contributed by atoms with Crippen molar-refractivity contribution in [2.24, 2.45) is 11.7 Å². The van der Waals surface area contributed by atoms with Gasteiger partial charge >= 0.3 is 5.97 Å². The second-order valence-electron chi connectivity index (χ2n) is 4.80. The Kier molecular flexibility index (Phi) is 4.87. The summed E-state index contributed by atoms with van der Waals surface area (Å²) in [5.41, 5.74) is 5.41. The number of ether oxygens (including phenoxy) is 2. The Labute approximate surface area is 131 Å². The largest absolute Gasteiger partial charge is 0.495 e. The maximum atomic E-state index is 12.1. The first-order valence-corrected chi connectivity index (χ1v) is 6.89. The summed E-state index contributed by atoms with van der Waals surface area (Å²) in [4.78, 5) is 36.0. The Morgan fingerprint density at radius 1 is 1.45 bits per heavy atom. The molecule has 1 atom stereocenters. The van der Waals surface area contributed by atoms with Crippen LogP contribution in [0.15, 0.2) is 18.2 Å². The Morgan fingerprint density at radius 3 is 2.82 bits per heavy atom. The molecule has 0 aromatic heterocycles. The molecule has 1 saturated heterocycles. The van der Waals surface area contributed by atoms with Gasteiger partial charge < -0.3 is 20.1 Å². The van der Waals surface area contributed by atoms with E-state index in [-0.39, 0.29) is 18.9 Å². The van der Waals surface area contributed by atoms with Crippen LogP contribution in [0.4, 0.5) is 5.69 Å². The van der Waals surface area contributed by atoms with Crippen molar-refractivity contribution in [3.05, 3.63) is 23.2 Å². The van der Waals surface area contributed by atoms with Crippen LogP contribution in [0.2, 0.25) is 5.02 Å². The lowest BCUT2D eigenvalue weighted by atomic mass is 10.1. The first-order chi connectivity index (χ1) is 10.4. The predicted octanol–water partition coefficient (Wildman–Crippen LogP) is 0.730. The standard InChI is InChI=1S/C14H15ClN2O5/c1-21-11-3-2-9(15)5-10(11)17-6-8(4-13(17)19)14(20)22-7-12(16)18/h2-3,5,8H,4,6-7H2,1H3,(H2,16,18)/t8-/m1/s1. The van der Waals surface area contributed by atoms with E-state index in [0.717, 1.165) is 0 Å². The maximum absolute atomic E-state index is 12.1. The molecular weight excluding hydrogens is 312 g/mol. The van der Waals surface area contributed by atoms with E-state index in [1.807, 2.05) is 0 Å². The van der Waals surface area contributed by atoms with Crippen LogP contribution in [-0.2, 0) is 19.1 Å². The molecule has 2 N–H and O–H groups in total. The number of halogens is 1. The van der Waals surface area contributed by atoms with E-state index in [1.165, 1.54) is 12.0 Å². The van der Waals surface area contributed by atoms with E-state index in [2.05, 4.69) is 0 Å². The first-order valence-electron chi connectivity index (χ1n) is 6.51. The van der Waals surface area contributed by atoms with Crippen LogP contribution in [0.5, 0.6) is 5.75 Å². The number of carbonyl (C=O) groups is 3. The zero-order chi connectivity index (χ0) is 16.3. The highest BCUT2D eigenvalue weighted by atomic mass is 35.5. The van der Waals surface area contributed by atoms with Crippen LogP contribution in [-0.4, -0.2) is 38.0 Å². The van der Waals surface area contributed by atoms with Gasteiger partial charge in [0, 0.05) is 18.0 Å². The third-order valence-electron chi connectivity index (χ3n) is 3.25. The summed E-state index contributed by atoms with van der Waals surface area (Å²) in [7, 11) is 1.48. The number of nitrogens with two attached hydrogens (primary N) is 1. The lowest BCUT2D eigenvalue weighted by Gasteiger charge is -2.19. The van der Waals surface area contributed by atoms with Crippen molar-refractivity contribution in [1.82, 2.24) is 0 Å². The average molecular weight is 327 g/mol. The highest BCUT2D eigenvalue weighted by Crippen LogP contribution is 2.35. The number of carbonyl (C=O) groups excluding carboxylic acids is 3. The summed E-state index contributed by atoms with van der Waals surface area (Å²) >= 11 is 5.95. The Balaban J connectivity index is 2.14. The van der Waals surface area contributed by atoms with Gasteiger partial charge in [-0.15, -0.1) is 0 Å². The van der Waals surface area contributed by atoms with Gasteiger partial charge in [0.1, 0.15) is 5.75 Å². The van der Waals surface area contributed by atoms with E-state index in [1.54, 1.807) is 18.2 Å². The Bertz CT molecular complexity index is 619. The van der Waals surface area contributed by atoms with Crippen LogP contribution in [0.25, 0.3) is 0 Å². The van der Waals surface area contributed by atoms with E-state index in [9.17, 15) is 14.4 Å².